The molecule has 1 aromatic carbocycles. The van der Waals surface area contributed by atoms with Gasteiger partial charge in [-0.3, -0.25) is 4.57 Å². The van der Waals surface area contributed by atoms with Crippen molar-refractivity contribution in [1.29, 1.82) is 0 Å². The van der Waals surface area contributed by atoms with Crippen LogP contribution in [0.25, 0.3) is 10.4 Å². The van der Waals surface area contributed by atoms with Gasteiger partial charge in [-0.25, -0.2) is 0 Å². The van der Waals surface area contributed by atoms with Gasteiger partial charge in [0.05, 0.1) is 19.8 Å². The van der Waals surface area contributed by atoms with Crippen LogP contribution in [0, 0.1) is 0 Å². The second-order valence-corrected chi connectivity index (χ2v) is 7.00. The molecule has 22 heavy (non-hydrogen) atoms. The van der Waals surface area contributed by atoms with Gasteiger partial charge < -0.3 is 9.05 Å². The second-order valence-electron chi connectivity index (χ2n) is 4.08. The first-order valence-corrected chi connectivity index (χ1v) is 8.72. The molecule has 0 atom stereocenters. The first kappa shape index (κ1) is 19.1. The van der Waals surface area contributed by atoms with Gasteiger partial charge in [0, 0.05) is 14.9 Å². The molecule has 0 bridgehead atoms. The average molecular weight is 398 g/mol. The molecule has 0 saturated carbocycles. The molecule has 1 rings (SSSR count). The summed E-state index contributed by atoms with van der Waals surface area (Å²) in [7, 11) is -4.65. The SMILES string of the molecule is CCOP(=O)(OCC)C(F)(F)c1ccc(CN=[N+]=[N-])cc1Br. The van der Waals surface area contributed by atoms with Gasteiger partial charge in [-0.2, -0.15) is 8.78 Å². The lowest BCUT2D eigenvalue weighted by atomic mass is 10.1. The van der Waals surface area contributed by atoms with Crippen LogP contribution in [0.4, 0.5) is 8.78 Å². The maximum Gasteiger partial charge on any atom is 0.404 e. The van der Waals surface area contributed by atoms with E-state index in [1.54, 1.807) is 0 Å². The van der Waals surface area contributed by atoms with E-state index in [4.69, 9.17) is 14.6 Å². The molecule has 0 N–H and O–H groups in total. The maximum atomic E-state index is 14.6. The van der Waals surface area contributed by atoms with Crippen LogP contribution in [0.1, 0.15) is 25.0 Å². The molecule has 122 valence electrons. The first-order chi connectivity index (χ1) is 10.3. The number of halogens is 3. The molecule has 0 fully saturated rings. The summed E-state index contributed by atoms with van der Waals surface area (Å²) in [6.07, 6.45) is 0. The molecule has 0 radical (unpaired) electrons. The fourth-order valence-electron chi connectivity index (χ4n) is 1.70. The van der Waals surface area contributed by atoms with Crippen molar-refractivity contribution in [1.82, 2.24) is 0 Å². The normalized spacial score (nSPS) is 12.0. The van der Waals surface area contributed by atoms with E-state index in [1.807, 2.05) is 0 Å². The van der Waals surface area contributed by atoms with Crippen molar-refractivity contribution in [3.05, 3.63) is 44.2 Å². The van der Waals surface area contributed by atoms with E-state index in [1.165, 1.54) is 26.0 Å². The molecule has 0 aliphatic carbocycles. The Hall–Kier alpha value is -0.980. The lowest BCUT2D eigenvalue weighted by Gasteiger charge is -2.26. The minimum absolute atomic E-state index is 0.0233. The van der Waals surface area contributed by atoms with Gasteiger partial charge in [-0.15, -0.1) is 0 Å². The number of rotatable bonds is 8. The molecule has 0 aliphatic heterocycles. The Morgan fingerprint density at radius 2 is 1.95 bits per heavy atom. The number of hydrogen-bond donors (Lipinski definition) is 0. The Balaban J connectivity index is 3.25. The molecule has 0 saturated heterocycles. The summed E-state index contributed by atoms with van der Waals surface area (Å²) < 4.78 is 51.1. The standard InChI is InChI=1S/C12H15BrF2N3O3P/c1-3-20-22(19,21-4-2)12(14,15)10-6-5-9(7-11(10)13)8-17-18-16/h5-7H,3-4,8H2,1-2H3. The summed E-state index contributed by atoms with van der Waals surface area (Å²) in [5.74, 6) is 0. The Bertz CT molecular complexity index is 614. The van der Waals surface area contributed by atoms with Crippen molar-refractivity contribution in [3.63, 3.8) is 0 Å². The summed E-state index contributed by atoms with van der Waals surface area (Å²) in [4.78, 5) is 2.60. The van der Waals surface area contributed by atoms with Gasteiger partial charge in [-0.1, -0.05) is 33.2 Å². The smallest absolute Gasteiger partial charge is 0.304 e. The van der Waals surface area contributed by atoms with Crippen molar-refractivity contribution in [3.8, 4) is 0 Å². The molecule has 0 aromatic heterocycles. The zero-order valence-corrected chi connectivity index (χ0v) is 14.5. The number of hydrogen-bond acceptors (Lipinski definition) is 4. The molecule has 6 nitrogen and oxygen atoms in total. The summed E-state index contributed by atoms with van der Waals surface area (Å²) in [6, 6.07) is 3.85. The van der Waals surface area contributed by atoms with Crippen LogP contribution in [0.3, 0.4) is 0 Å². The molecule has 0 amide bonds. The molecular formula is C12H15BrF2N3O3P. The van der Waals surface area contributed by atoms with Crippen molar-refractivity contribution < 1.29 is 22.4 Å². The van der Waals surface area contributed by atoms with Crippen molar-refractivity contribution in [2.45, 2.75) is 26.1 Å². The summed E-state index contributed by atoms with van der Waals surface area (Å²) >= 11 is 3.02. The van der Waals surface area contributed by atoms with Gasteiger partial charge in [0.2, 0.25) is 0 Å². The highest BCUT2D eigenvalue weighted by atomic mass is 79.9. The van der Waals surface area contributed by atoms with Gasteiger partial charge in [-0.05, 0) is 31.0 Å². The largest absolute Gasteiger partial charge is 0.404 e. The predicted molar refractivity (Wildman–Crippen MR) is 81.7 cm³/mol. The maximum absolute atomic E-state index is 14.6. The van der Waals surface area contributed by atoms with E-state index in [0.717, 1.165) is 6.07 Å². The van der Waals surface area contributed by atoms with Gasteiger partial charge in [0.15, 0.2) is 0 Å². The van der Waals surface area contributed by atoms with Gasteiger partial charge in [0.1, 0.15) is 0 Å². The summed E-state index contributed by atoms with van der Waals surface area (Å²) in [6.45, 7) is 2.61. The Kier molecular flexibility index (Phi) is 6.97. The number of nitrogens with zero attached hydrogens (tertiary/aromatic N) is 3. The third-order valence-electron chi connectivity index (χ3n) is 2.62. The Labute approximate surface area is 135 Å². The Morgan fingerprint density at radius 3 is 2.41 bits per heavy atom. The van der Waals surface area contributed by atoms with E-state index in [-0.39, 0.29) is 24.2 Å². The van der Waals surface area contributed by atoms with Crippen LogP contribution in [0.15, 0.2) is 27.8 Å². The molecule has 0 spiro atoms. The number of alkyl halides is 2. The van der Waals surface area contributed by atoms with Crippen LogP contribution in [-0.2, 0) is 25.8 Å². The highest BCUT2D eigenvalue weighted by Crippen LogP contribution is 2.67. The lowest BCUT2D eigenvalue weighted by Crippen LogP contribution is -2.19. The van der Waals surface area contributed by atoms with E-state index < -0.39 is 18.8 Å². The highest BCUT2D eigenvalue weighted by molar-refractivity contribution is 9.10. The van der Waals surface area contributed by atoms with E-state index >= 15 is 0 Å². The second kappa shape index (κ2) is 8.04. The van der Waals surface area contributed by atoms with Gasteiger partial charge >= 0.3 is 13.3 Å². The number of azide groups is 1. The minimum Gasteiger partial charge on any atom is -0.304 e. The van der Waals surface area contributed by atoms with Crippen molar-refractivity contribution in [2.24, 2.45) is 5.11 Å². The number of benzene rings is 1. The molecule has 10 heteroatoms. The Morgan fingerprint density at radius 1 is 1.36 bits per heavy atom. The predicted octanol–water partition coefficient (Wildman–Crippen LogP) is 5.57. The fraction of sp³-hybridized carbons (Fsp3) is 0.500. The summed E-state index contributed by atoms with van der Waals surface area (Å²) in [5.41, 5.74) is 4.47. The van der Waals surface area contributed by atoms with Crippen LogP contribution >= 0.6 is 23.5 Å². The van der Waals surface area contributed by atoms with Gasteiger partial charge in [0.25, 0.3) is 0 Å². The fourth-order valence-corrected chi connectivity index (χ4v) is 4.10. The third kappa shape index (κ3) is 4.06. The van der Waals surface area contributed by atoms with Crippen LogP contribution in [-0.4, -0.2) is 13.2 Å². The van der Waals surface area contributed by atoms with E-state index in [2.05, 4.69) is 26.0 Å². The first-order valence-electron chi connectivity index (χ1n) is 6.39. The minimum atomic E-state index is -4.65. The zero-order chi connectivity index (χ0) is 16.8. The average Bonchev–Trinajstić information content (AvgIpc) is 2.45. The molecule has 0 heterocycles. The zero-order valence-electron chi connectivity index (χ0n) is 12.0. The summed E-state index contributed by atoms with van der Waals surface area (Å²) in [5, 5.41) is 3.35. The van der Waals surface area contributed by atoms with Crippen LogP contribution in [0.2, 0.25) is 0 Å². The molecule has 1 aromatic rings. The molecular weight excluding hydrogens is 383 g/mol. The third-order valence-corrected chi connectivity index (χ3v) is 5.40. The quantitative estimate of drug-likeness (QED) is 0.248. The molecule has 0 aliphatic rings. The van der Waals surface area contributed by atoms with Crippen molar-refractivity contribution in [2.75, 3.05) is 13.2 Å². The lowest BCUT2D eigenvalue weighted by molar-refractivity contribution is 0.0354. The topological polar surface area (TPSA) is 84.3 Å². The monoisotopic (exact) mass is 397 g/mol. The molecule has 0 unspecified atom stereocenters. The van der Waals surface area contributed by atoms with Crippen LogP contribution in [0.5, 0.6) is 0 Å². The highest BCUT2D eigenvalue weighted by Gasteiger charge is 2.55. The van der Waals surface area contributed by atoms with E-state index in [0.29, 0.717) is 5.56 Å². The van der Waals surface area contributed by atoms with Crippen LogP contribution < -0.4 is 0 Å². The van der Waals surface area contributed by atoms with E-state index in [9.17, 15) is 13.3 Å². The van der Waals surface area contributed by atoms with Crippen molar-refractivity contribution >= 4 is 23.5 Å².